The summed E-state index contributed by atoms with van der Waals surface area (Å²) in [5, 5.41) is 0.380. The van der Waals surface area contributed by atoms with Crippen LogP contribution in [0.3, 0.4) is 0 Å². The normalized spacial score (nSPS) is 16.1. The second-order valence-corrected chi connectivity index (χ2v) is 8.31. The fraction of sp³-hybridized carbons (Fsp3) is 0.211. The van der Waals surface area contributed by atoms with Crippen LogP contribution in [-0.2, 0) is 14.8 Å². The van der Waals surface area contributed by atoms with E-state index < -0.39 is 10.0 Å². The Morgan fingerprint density at radius 3 is 2.31 bits per heavy atom. The van der Waals surface area contributed by atoms with Gasteiger partial charge in [-0.15, -0.1) is 0 Å². The van der Waals surface area contributed by atoms with Crippen LogP contribution in [0.5, 0.6) is 0 Å². The van der Waals surface area contributed by atoms with Crippen LogP contribution in [0.15, 0.2) is 65.6 Å². The number of amides is 1. The maximum atomic E-state index is 12.7. The molecule has 1 aliphatic rings. The minimum Gasteiger partial charge on any atom is -0.337 e. The van der Waals surface area contributed by atoms with Crippen LogP contribution in [0.25, 0.3) is 6.08 Å². The quantitative estimate of drug-likeness (QED) is 0.754. The summed E-state index contributed by atoms with van der Waals surface area (Å²) in [5.74, 6) is -0.117. The van der Waals surface area contributed by atoms with E-state index in [-0.39, 0.29) is 23.9 Å². The molecule has 3 rings (SSSR count). The monoisotopic (exact) mass is 390 g/mol. The Bertz CT molecular complexity index is 905. The van der Waals surface area contributed by atoms with Gasteiger partial charge in [-0.05, 0) is 29.8 Å². The van der Waals surface area contributed by atoms with E-state index in [0.29, 0.717) is 18.1 Å². The van der Waals surface area contributed by atoms with Crippen molar-refractivity contribution >= 4 is 33.6 Å². The predicted octanol–water partition coefficient (Wildman–Crippen LogP) is 2.89. The van der Waals surface area contributed by atoms with Gasteiger partial charge < -0.3 is 4.90 Å². The maximum Gasteiger partial charge on any atom is 0.246 e. The van der Waals surface area contributed by atoms with E-state index in [0.717, 1.165) is 5.56 Å². The van der Waals surface area contributed by atoms with Gasteiger partial charge in [0.1, 0.15) is 0 Å². The minimum absolute atomic E-state index is 0.117. The number of hydrogen-bond donors (Lipinski definition) is 0. The van der Waals surface area contributed by atoms with E-state index in [4.69, 9.17) is 11.6 Å². The highest BCUT2D eigenvalue weighted by atomic mass is 35.5. The van der Waals surface area contributed by atoms with E-state index in [9.17, 15) is 13.2 Å². The zero-order chi connectivity index (χ0) is 18.6. The lowest BCUT2D eigenvalue weighted by Gasteiger charge is -2.33. The largest absolute Gasteiger partial charge is 0.337 e. The fourth-order valence-corrected chi connectivity index (χ4v) is 4.49. The molecule has 2 aromatic carbocycles. The molecule has 2 aromatic rings. The molecule has 1 fully saturated rings. The lowest BCUT2D eigenvalue weighted by atomic mass is 10.2. The van der Waals surface area contributed by atoms with E-state index in [2.05, 4.69) is 0 Å². The molecule has 136 valence electrons. The van der Waals surface area contributed by atoms with Gasteiger partial charge in [0.2, 0.25) is 15.9 Å². The van der Waals surface area contributed by atoms with Gasteiger partial charge >= 0.3 is 0 Å². The van der Waals surface area contributed by atoms with Gasteiger partial charge in [0, 0.05) is 37.3 Å². The summed E-state index contributed by atoms with van der Waals surface area (Å²) in [6, 6.07) is 15.8. The molecular formula is C19H19ClN2O3S. The van der Waals surface area contributed by atoms with Crippen molar-refractivity contribution in [1.82, 2.24) is 9.21 Å². The van der Waals surface area contributed by atoms with Gasteiger partial charge in [0.15, 0.2) is 0 Å². The maximum absolute atomic E-state index is 12.7. The van der Waals surface area contributed by atoms with E-state index in [1.165, 1.54) is 22.5 Å². The smallest absolute Gasteiger partial charge is 0.246 e. The van der Waals surface area contributed by atoms with E-state index in [1.54, 1.807) is 23.1 Å². The van der Waals surface area contributed by atoms with Crippen molar-refractivity contribution in [3.8, 4) is 0 Å². The molecule has 5 nitrogen and oxygen atoms in total. The van der Waals surface area contributed by atoms with Crippen LogP contribution >= 0.6 is 11.6 Å². The van der Waals surface area contributed by atoms with Crippen molar-refractivity contribution in [2.45, 2.75) is 4.90 Å². The fourth-order valence-electron chi connectivity index (χ4n) is 2.76. The molecule has 0 N–H and O–H groups in total. The van der Waals surface area contributed by atoms with Crippen molar-refractivity contribution in [2.24, 2.45) is 0 Å². The number of carbonyl (C=O) groups excluding carboxylic acids is 1. The Labute approximate surface area is 158 Å². The number of carbonyl (C=O) groups is 1. The summed E-state index contributed by atoms with van der Waals surface area (Å²) in [7, 11) is -3.60. The van der Waals surface area contributed by atoms with Crippen molar-refractivity contribution in [3.63, 3.8) is 0 Å². The molecule has 7 heteroatoms. The third-order valence-corrected chi connectivity index (χ3v) is 6.33. The van der Waals surface area contributed by atoms with E-state index >= 15 is 0 Å². The molecule has 0 radical (unpaired) electrons. The highest BCUT2D eigenvalue weighted by Crippen LogP contribution is 2.21. The molecule has 0 aromatic heterocycles. The first kappa shape index (κ1) is 18.6. The van der Waals surface area contributed by atoms with Crippen molar-refractivity contribution in [1.29, 1.82) is 0 Å². The first-order valence-electron chi connectivity index (χ1n) is 8.24. The lowest BCUT2D eigenvalue weighted by molar-refractivity contribution is -0.127. The van der Waals surface area contributed by atoms with Crippen LogP contribution in [0, 0.1) is 0 Å². The molecule has 1 heterocycles. The van der Waals surface area contributed by atoms with Crippen LogP contribution in [0.1, 0.15) is 5.56 Å². The van der Waals surface area contributed by atoms with Crippen LogP contribution < -0.4 is 0 Å². The van der Waals surface area contributed by atoms with Crippen LogP contribution in [0.4, 0.5) is 0 Å². The van der Waals surface area contributed by atoms with Gasteiger partial charge in [0.05, 0.1) is 4.90 Å². The van der Waals surface area contributed by atoms with E-state index in [1.807, 2.05) is 30.3 Å². The summed E-state index contributed by atoms with van der Waals surface area (Å²) >= 11 is 5.90. The Morgan fingerprint density at radius 2 is 1.65 bits per heavy atom. The Kier molecular flexibility index (Phi) is 5.76. The molecule has 1 saturated heterocycles. The molecule has 0 spiro atoms. The third kappa shape index (κ3) is 4.33. The number of nitrogens with zero attached hydrogens (tertiary/aromatic N) is 2. The average molecular weight is 391 g/mol. The molecule has 1 amide bonds. The SMILES string of the molecule is O=C(C=Cc1ccccc1)N1CCN(S(=O)(=O)c2cccc(Cl)c2)CC1. The summed E-state index contributed by atoms with van der Waals surface area (Å²) in [6.45, 7) is 1.25. The van der Waals surface area contributed by atoms with Gasteiger partial charge in [-0.25, -0.2) is 8.42 Å². The highest BCUT2D eigenvalue weighted by Gasteiger charge is 2.29. The summed E-state index contributed by atoms with van der Waals surface area (Å²) < 4.78 is 26.7. The number of piperazine rings is 1. The third-order valence-electron chi connectivity index (χ3n) is 4.20. The molecule has 0 atom stereocenters. The Morgan fingerprint density at radius 1 is 0.962 bits per heavy atom. The topological polar surface area (TPSA) is 57.7 Å². The van der Waals surface area contributed by atoms with Crippen molar-refractivity contribution in [2.75, 3.05) is 26.2 Å². The number of halogens is 1. The Balaban J connectivity index is 1.62. The molecule has 0 saturated carbocycles. The van der Waals surface area contributed by atoms with Gasteiger partial charge in [-0.3, -0.25) is 4.79 Å². The van der Waals surface area contributed by atoms with Gasteiger partial charge in [0.25, 0.3) is 0 Å². The zero-order valence-electron chi connectivity index (χ0n) is 14.1. The number of rotatable bonds is 4. The zero-order valence-corrected chi connectivity index (χ0v) is 15.7. The minimum atomic E-state index is -3.60. The average Bonchev–Trinajstić information content (AvgIpc) is 2.67. The summed E-state index contributed by atoms with van der Waals surface area (Å²) in [5.41, 5.74) is 0.947. The van der Waals surface area contributed by atoms with Crippen LogP contribution in [0.2, 0.25) is 5.02 Å². The molecule has 0 aliphatic carbocycles. The van der Waals surface area contributed by atoms with Crippen molar-refractivity contribution < 1.29 is 13.2 Å². The lowest BCUT2D eigenvalue weighted by Crippen LogP contribution is -2.50. The number of sulfonamides is 1. The van der Waals surface area contributed by atoms with Crippen LogP contribution in [-0.4, -0.2) is 49.7 Å². The summed E-state index contributed by atoms with van der Waals surface area (Å²) in [4.78, 5) is 14.1. The first-order valence-corrected chi connectivity index (χ1v) is 10.1. The van der Waals surface area contributed by atoms with Gasteiger partial charge in [-0.1, -0.05) is 48.0 Å². The number of hydrogen-bond acceptors (Lipinski definition) is 3. The first-order chi connectivity index (χ1) is 12.5. The second kappa shape index (κ2) is 8.03. The standard InChI is InChI=1S/C19H19ClN2O3S/c20-17-7-4-8-18(15-17)26(24,25)22-13-11-21(12-14-22)19(23)10-9-16-5-2-1-3-6-16/h1-10,15H,11-14H2. The molecular weight excluding hydrogens is 372 g/mol. The predicted molar refractivity (Wildman–Crippen MR) is 102 cm³/mol. The van der Waals surface area contributed by atoms with Crippen molar-refractivity contribution in [3.05, 3.63) is 71.3 Å². The Hall–Kier alpha value is -2.15. The molecule has 1 aliphatic heterocycles. The summed E-state index contributed by atoms with van der Waals surface area (Å²) in [6.07, 6.45) is 3.29. The number of benzene rings is 2. The molecule has 26 heavy (non-hydrogen) atoms. The molecule has 0 bridgehead atoms. The second-order valence-electron chi connectivity index (χ2n) is 5.93. The molecule has 0 unspecified atom stereocenters. The van der Waals surface area contributed by atoms with Gasteiger partial charge in [-0.2, -0.15) is 4.31 Å². The highest BCUT2D eigenvalue weighted by molar-refractivity contribution is 7.89.